The second-order valence-corrected chi connectivity index (χ2v) is 9.54. The zero-order chi connectivity index (χ0) is 20.2. The van der Waals surface area contributed by atoms with Crippen molar-refractivity contribution in [3.8, 4) is 0 Å². The Balaban J connectivity index is 1.09. The van der Waals surface area contributed by atoms with E-state index >= 15 is 0 Å². The molecule has 0 aliphatic heterocycles. The largest absolute Gasteiger partial charge is 0.464 e. The molecule has 5 rings (SSSR count). The van der Waals surface area contributed by atoms with E-state index in [4.69, 9.17) is 9.15 Å². The van der Waals surface area contributed by atoms with Crippen molar-refractivity contribution in [3.05, 3.63) is 33.8 Å². The molecule has 3 N–H and O–H groups in total. The predicted molar refractivity (Wildman–Crippen MR) is 112 cm³/mol. The first-order valence-electron chi connectivity index (χ1n) is 10.6. The lowest BCUT2D eigenvalue weighted by Crippen LogP contribution is -2.48. The van der Waals surface area contributed by atoms with Gasteiger partial charge in [-0.1, -0.05) is 0 Å². The summed E-state index contributed by atoms with van der Waals surface area (Å²) in [6.07, 6.45) is 2.56. The van der Waals surface area contributed by atoms with Crippen LogP contribution in [0.15, 0.2) is 16.5 Å². The molecule has 4 bridgehead atoms. The Morgan fingerprint density at radius 2 is 2.03 bits per heavy atom. The van der Waals surface area contributed by atoms with Crippen LogP contribution in [0.4, 0.5) is 0 Å². The van der Waals surface area contributed by atoms with Crippen molar-refractivity contribution >= 4 is 11.8 Å². The van der Waals surface area contributed by atoms with Gasteiger partial charge < -0.3 is 14.5 Å². The van der Waals surface area contributed by atoms with E-state index in [2.05, 4.69) is 28.1 Å². The van der Waals surface area contributed by atoms with Crippen LogP contribution in [0.5, 0.6) is 0 Å². The van der Waals surface area contributed by atoms with Gasteiger partial charge in [0.1, 0.15) is 17.7 Å². The first-order chi connectivity index (χ1) is 14.2. The van der Waals surface area contributed by atoms with E-state index in [1.807, 2.05) is 0 Å². The van der Waals surface area contributed by atoms with Crippen molar-refractivity contribution in [2.75, 3.05) is 39.1 Å². The Bertz CT molecular complexity index is 673. The third-order valence-electron chi connectivity index (χ3n) is 6.61. The summed E-state index contributed by atoms with van der Waals surface area (Å²) in [7, 11) is 1.61. The van der Waals surface area contributed by atoms with Crippen LogP contribution < -0.4 is 16.0 Å². The summed E-state index contributed by atoms with van der Waals surface area (Å²) in [6.45, 7) is 2.50. The average Bonchev–Trinajstić information content (AvgIpc) is 3.19. The highest BCUT2D eigenvalue weighted by Gasteiger charge is 2.68. The second-order valence-electron chi connectivity index (χ2n) is 8.43. The molecule has 0 aromatic carbocycles. The van der Waals surface area contributed by atoms with Crippen molar-refractivity contribution in [3.63, 3.8) is 0 Å². The fraction of sp³-hybridized carbons (Fsp3) is 0.800. The number of hydrogen-bond acceptors (Lipinski definition) is 8. The standard InChI is InChI=1S/C20H32N4O4S/c1-27-6-4-21-18(11-24(25)26)22-5-7-29-12-15-3-2-14(28-15)10-23-20-13-8-16-17(9-13)19(16)20/h2-3,13,16-23H,4-12H2,1H3. The van der Waals surface area contributed by atoms with Crippen LogP contribution in [0.3, 0.4) is 0 Å². The lowest BCUT2D eigenvalue weighted by Gasteiger charge is -2.16. The normalized spacial score (nSPS) is 30.0. The zero-order valence-electron chi connectivity index (χ0n) is 17.0. The summed E-state index contributed by atoms with van der Waals surface area (Å²) < 4.78 is 10.9. The molecule has 4 aliphatic carbocycles. The summed E-state index contributed by atoms with van der Waals surface area (Å²) in [5, 5.41) is 20.8. The third kappa shape index (κ3) is 5.32. The highest BCUT2D eigenvalue weighted by molar-refractivity contribution is 7.98. The van der Waals surface area contributed by atoms with E-state index in [-0.39, 0.29) is 17.6 Å². The van der Waals surface area contributed by atoms with Gasteiger partial charge in [0.25, 0.3) is 0 Å². The van der Waals surface area contributed by atoms with Crippen molar-refractivity contribution in [1.82, 2.24) is 16.0 Å². The molecule has 1 aromatic rings. The number of ether oxygens (including phenoxy) is 1. The summed E-state index contributed by atoms with van der Waals surface area (Å²) in [5.41, 5.74) is 0. The molecular formula is C20H32N4O4S. The Morgan fingerprint density at radius 1 is 1.28 bits per heavy atom. The van der Waals surface area contributed by atoms with Gasteiger partial charge in [-0.2, -0.15) is 11.8 Å². The topological polar surface area (TPSA) is 102 Å². The lowest BCUT2D eigenvalue weighted by atomic mass is 10.1. The minimum absolute atomic E-state index is 0.146. The number of nitrogens with one attached hydrogen (secondary N) is 3. The van der Waals surface area contributed by atoms with Crippen LogP contribution in [0.2, 0.25) is 0 Å². The van der Waals surface area contributed by atoms with Crippen LogP contribution in [-0.4, -0.2) is 56.2 Å². The van der Waals surface area contributed by atoms with Gasteiger partial charge in [0.2, 0.25) is 6.54 Å². The minimum Gasteiger partial charge on any atom is -0.464 e. The Morgan fingerprint density at radius 3 is 2.72 bits per heavy atom. The molecule has 0 saturated heterocycles. The van der Waals surface area contributed by atoms with E-state index < -0.39 is 0 Å². The fourth-order valence-electron chi connectivity index (χ4n) is 5.35. The van der Waals surface area contributed by atoms with Crippen molar-refractivity contribution in [1.29, 1.82) is 0 Å². The molecule has 4 atom stereocenters. The summed E-state index contributed by atoms with van der Waals surface area (Å²) in [5.74, 6) is 7.64. The molecule has 162 valence electrons. The van der Waals surface area contributed by atoms with Crippen LogP contribution in [0, 0.1) is 33.8 Å². The van der Waals surface area contributed by atoms with E-state index in [1.165, 1.54) is 12.8 Å². The molecular weight excluding hydrogens is 392 g/mol. The number of rotatable bonds is 15. The van der Waals surface area contributed by atoms with E-state index in [0.29, 0.717) is 19.7 Å². The van der Waals surface area contributed by atoms with Crippen LogP contribution in [0.1, 0.15) is 24.4 Å². The van der Waals surface area contributed by atoms with Gasteiger partial charge in [-0.15, -0.1) is 0 Å². The summed E-state index contributed by atoms with van der Waals surface area (Å²) in [4.78, 5) is 10.5. The van der Waals surface area contributed by atoms with E-state index in [0.717, 1.165) is 59.3 Å². The monoisotopic (exact) mass is 424 g/mol. The molecule has 4 saturated carbocycles. The number of furan rings is 1. The molecule has 8 nitrogen and oxygen atoms in total. The van der Waals surface area contributed by atoms with Crippen molar-refractivity contribution < 1.29 is 14.1 Å². The van der Waals surface area contributed by atoms with Gasteiger partial charge in [0.15, 0.2) is 0 Å². The molecule has 29 heavy (non-hydrogen) atoms. The SMILES string of the molecule is COCCNC(C[N+](=O)[O-])NCCSCc1ccc(CNC2C3CC4C(C3)C42)o1. The molecule has 0 radical (unpaired) electrons. The van der Waals surface area contributed by atoms with E-state index in [1.54, 1.807) is 18.9 Å². The van der Waals surface area contributed by atoms with Gasteiger partial charge in [0, 0.05) is 36.9 Å². The quantitative estimate of drug-likeness (QED) is 0.169. The van der Waals surface area contributed by atoms with Gasteiger partial charge in [-0.25, -0.2) is 0 Å². The zero-order valence-corrected chi connectivity index (χ0v) is 17.8. The van der Waals surface area contributed by atoms with E-state index in [9.17, 15) is 10.1 Å². The van der Waals surface area contributed by atoms with Gasteiger partial charge in [-0.3, -0.25) is 20.7 Å². The molecule has 0 spiro atoms. The Hall–Kier alpha value is -1.13. The first kappa shape index (κ1) is 21.1. The highest BCUT2D eigenvalue weighted by Crippen LogP contribution is 2.70. The molecule has 1 aromatic heterocycles. The Kier molecular flexibility index (Phi) is 7.12. The lowest BCUT2D eigenvalue weighted by molar-refractivity contribution is -0.484. The van der Waals surface area contributed by atoms with Gasteiger partial charge >= 0.3 is 0 Å². The number of nitro groups is 1. The molecule has 1 heterocycles. The smallest absolute Gasteiger partial charge is 0.231 e. The number of hydrogen-bond donors (Lipinski definition) is 3. The van der Waals surface area contributed by atoms with Gasteiger partial charge in [0.05, 0.1) is 18.9 Å². The molecule has 4 unspecified atom stereocenters. The molecule has 0 amide bonds. The maximum Gasteiger partial charge on any atom is 0.231 e. The molecule has 4 fully saturated rings. The maximum atomic E-state index is 10.8. The Labute approximate surface area is 176 Å². The predicted octanol–water partition coefficient (Wildman–Crippen LogP) is 1.69. The summed E-state index contributed by atoms with van der Waals surface area (Å²) in [6, 6.07) is 4.87. The van der Waals surface area contributed by atoms with Crippen LogP contribution >= 0.6 is 11.8 Å². The van der Waals surface area contributed by atoms with Crippen LogP contribution in [0.25, 0.3) is 0 Å². The van der Waals surface area contributed by atoms with Crippen molar-refractivity contribution in [2.24, 2.45) is 23.7 Å². The van der Waals surface area contributed by atoms with Crippen molar-refractivity contribution in [2.45, 2.75) is 37.3 Å². The third-order valence-corrected chi connectivity index (χ3v) is 7.59. The second kappa shape index (κ2) is 9.78. The van der Waals surface area contributed by atoms with Crippen LogP contribution in [-0.2, 0) is 17.0 Å². The fourth-order valence-corrected chi connectivity index (χ4v) is 6.12. The first-order valence-corrected chi connectivity index (χ1v) is 11.8. The number of methoxy groups -OCH3 is 1. The maximum absolute atomic E-state index is 10.8. The number of nitrogens with zero attached hydrogens (tertiary/aromatic N) is 1. The number of thioether (sulfide) groups is 1. The average molecular weight is 425 g/mol. The minimum atomic E-state index is -0.338. The van der Waals surface area contributed by atoms with Gasteiger partial charge in [-0.05, 0) is 48.6 Å². The summed E-state index contributed by atoms with van der Waals surface area (Å²) >= 11 is 1.77. The highest BCUT2D eigenvalue weighted by atomic mass is 32.2. The molecule has 9 heteroatoms. The molecule has 4 aliphatic rings.